The van der Waals surface area contributed by atoms with Crippen LogP contribution in [0, 0.1) is 0 Å². The van der Waals surface area contributed by atoms with Gasteiger partial charge >= 0.3 is 0 Å². The number of fused-ring (bicyclic) bond motifs is 1. The zero-order valence-electron chi connectivity index (χ0n) is 15.3. The van der Waals surface area contributed by atoms with Gasteiger partial charge in [-0.1, -0.05) is 22.9 Å². The van der Waals surface area contributed by atoms with Crippen LogP contribution in [0.5, 0.6) is 0 Å². The molecule has 0 atom stereocenters. The molecule has 1 aliphatic heterocycles. The summed E-state index contributed by atoms with van der Waals surface area (Å²) in [5.74, 6) is -2.82. The first kappa shape index (κ1) is 21.0. The maximum atomic E-state index is 12.3. The Morgan fingerprint density at radius 1 is 1.25 bits per heavy atom. The summed E-state index contributed by atoms with van der Waals surface area (Å²) in [5, 5.41) is 0.569. The predicted molar refractivity (Wildman–Crippen MR) is 107 cm³/mol. The van der Waals surface area contributed by atoms with Crippen molar-refractivity contribution in [2.24, 2.45) is 4.99 Å². The van der Waals surface area contributed by atoms with Crippen molar-refractivity contribution in [2.75, 3.05) is 37.8 Å². The molecule has 152 valence electrons. The third kappa shape index (κ3) is 4.99. The summed E-state index contributed by atoms with van der Waals surface area (Å²) in [5.41, 5.74) is 0.869. The Hall–Kier alpha value is -1.75. The van der Waals surface area contributed by atoms with E-state index in [-0.39, 0.29) is 0 Å². The molecular formula is C17H20ClN3O5S2. The largest absolute Gasteiger partial charge is 0.378 e. The molecule has 0 radical (unpaired) electrons. The Morgan fingerprint density at radius 3 is 2.64 bits per heavy atom. The summed E-state index contributed by atoms with van der Waals surface area (Å²) < 4.78 is 32.4. The third-order valence-electron chi connectivity index (χ3n) is 4.23. The van der Waals surface area contributed by atoms with Gasteiger partial charge in [0.05, 0.1) is 23.4 Å². The Kier molecular flexibility index (Phi) is 6.54. The van der Waals surface area contributed by atoms with E-state index in [4.69, 9.17) is 16.3 Å². The molecule has 2 heterocycles. The average molecular weight is 446 g/mol. The summed E-state index contributed by atoms with van der Waals surface area (Å²) in [6, 6.07) is 5.35. The van der Waals surface area contributed by atoms with Gasteiger partial charge in [0.25, 0.3) is 5.91 Å². The van der Waals surface area contributed by atoms with E-state index in [0.29, 0.717) is 42.7 Å². The minimum atomic E-state index is -3.91. The van der Waals surface area contributed by atoms with Gasteiger partial charge < -0.3 is 14.2 Å². The minimum absolute atomic E-state index is 0.355. The van der Waals surface area contributed by atoms with Crippen molar-refractivity contribution in [2.45, 2.75) is 13.5 Å². The van der Waals surface area contributed by atoms with E-state index in [0.717, 1.165) is 10.2 Å². The molecule has 1 saturated heterocycles. The molecular weight excluding hydrogens is 426 g/mol. The first-order chi connectivity index (χ1) is 13.3. The van der Waals surface area contributed by atoms with Gasteiger partial charge in [-0.15, -0.1) is 0 Å². The molecule has 3 rings (SSSR count). The molecule has 0 spiro atoms. The standard InChI is InChI=1S/C17H20ClN3O5S2/c1-2-21-13-4-3-12(18)9-14(13)27-17(21)19-15(22)10-28(24,25)11-16(23)20-5-7-26-8-6-20/h3-4,9H,2,5-8,10-11H2,1H3. The van der Waals surface area contributed by atoms with Crippen molar-refractivity contribution < 1.29 is 22.7 Å². The molecule has 0 unspecified atom stereocenters. The lowest BCUT2D eigenvalue weighted by Gasteiger charge is -2.26. The number of morpholine rings is 1. The van der Waals surface area contributed by atoms with Crippen molar-refractivity contribution in [3.05, 3.63) is 28.0 Å². The lowest BCUT2D eigenvalue weighted by Crippen LogP contribution is -2.43. The zero-order valence-corrected chi connectivity index (χ0v) is 17.6. The van der Waals surface area contributed by atoms with E-state index in [1.807, 2.05) is 17.6 Å². The van der Waals surface area contributed by atoms with Crippen LogP contribution < -0.4 is 4.80 Å². The number of hydrogen-bond donors (Lipinski definition) is 0. The van der Waals surface area contributed by atoms with E-state index in [1.54, 1.807) is 12.1 Å². The van der Waals surface area contributed by atoms with Crippen LogP contribution in [0.15, 0.2) is 23.2 Å². The molecule has 8 nitrogen and oxygen atoms in total. The monoisotopic (exact) mass is 445 g/mol. The fourth-order valence-electron chi connectivity index (χ4n) is 2.91. The number of benzene rings is 1. The second-order valence-electron chi connectivity index (χ2n) is 6.27. The van der Waals surface area contributed by atoms with Crippen LogP contribution in [-0.2, 0) is 30.7 Å². The number of aromatic nitrogens is 1. The molecule has 0 aliphatic carbocycles. The number of halogens is 1. The number of carbonyl (C=O) groups is 2. The molecule has 11 heteroatoms. The molecule has 0 saturated carbocycles. The first-order valence-corrected chi connectivity index (χ1v) is 11.7. The second kappa shape index (κ2) is 8.73. The summed E-state index contributed by atoms with van der Waals surface area (Å²) in [4.78, 5) is 30.2. The minimum Gasteiger partial charge on any atom is -0.378 e. The molecule has 1 aromatic carbocycles. The third-order valence-corrected chi connectivity index (χ3v) is 6.88. The van der Waals surface area contributed by atoms with Crippen molar-refractivity contribution in [3.63, 3.8) is 0 Å². The first-order valence-electron chi connectivity index (χ1n) is 8.71. The Morgan fingerprint density at radius 2 is 1.96 bits per heavy atom. The van der Waals surface area contributed by atoms with E-state index in [9.17, 15) is 18.0 Å². The normalized spacial score (nSPS) is 15.9. The molecule has 0 N–H and O–H groups in total. The highest BCUT2D eigenvalue weighted by Gasteiger charge is 2.25. The maximum absolute atomic E-state index is 12.3. The summed E-state index contributed by atoms with van der Waals surface area (Å²) in [6.45, 7) is 3.94. The number of ether oxygens (including phenoxy) is 1. The topological polar surface area (TPSA) is 98.0 Å². The van der Waals surface area contributed by atoms with Gasteiger partial charge in [-0.2, -0.15) is 4.99 Å². The lowest BCUT2D eigenvalue weighted by molar-refractivity contribution is -0.132. The van der Waals surface area contributed by atoms with Gasteiger partial charge in [-0.25, -0.2) is 8.42 Å². The lowest BCUT2D eigenvalue weighted by atomic mass is 10.3. The van der Waals surface area contributed by atoms with Gasteiger partial charge in [-0.05, 0) is 25.1 Å². The number of carbonyl (C=O) groups excluding carboxylic acids is 2. The number of hydrogen-bond acceptors (Lipinski definition) is 6. The van der Waals surface area contributed by atoms with Crippen LogP contribution in [0.3, 0.4) is 0 Å². The average Bonchev–Trinajstić information content (AvgIpc) is 2.97. The van der Waals surface area contributed by atoms with Gasteiger partial charge in [0.15, 0.2) is 14.6 Å². The summed E-state index contributed by atoms with van der Waals surface area (Å²) in [6.07, 6.45) is 0. The Balaban J connectivity index is 1.77. The molecule has 2 amide bonds. The van der Waals surface area contributed by atoms with Crippen LogP contribution in [0.2, 0.25) is 5.02 Å². The van der Waals surface area contributed by atoms with Crippen LogP contribution in [0.4, 0.5) is 0 Å². The number of nitrogens with zero attached hydrogens (tertiary/aromatic N) is 3. The van der Waals surface area contributed by atoms with E-state index in [2.05, 4.69) is 4.99 Å². The quantitative estimate of drug-likeness (QED) is 0.685. The fraction of sp³-hybridized carbons (Fsp3) is 0.471. The van der Waals surface area contributed by atoms with Gasteiger partial charge in [-0.3, -0.25) is 9.59 Å². The predicted octanol–water partition coefficient (Wildman–Crippen LogP) is 1.08. The summed E-state index contributed by atoms with van der Waals surface area (Å²) >= 11 is 7.27. The van der Waals surface area contributed by atoms with Crippen LogP contribution in [0.25, 0.3) is 10.2 Å². The zero-order chi connectivity index (χ0) is 20.3. The second-order valence-corrected chi connectivity index (χ2v) is 9.78. The molecule has 28 heavy (non-hydrogen) atoms. The summed E-state index contributed by atoms with van der Waals surface area (Å²) in [7, 11) is -3.91. The van der Waals surface area contributed by atoms with Crippen LogP contribution in [-0.4, -0.2) is 67.5 Å². The van der Waals surface area contributed by atoms with Crippen molar-refractivity contribution >= 4 is 54.8 Å². The molecule has 2 aromatic rings. The van der Waals surface area contributed by atoms with Crippen molar-refractivity contribution in [1.29, 1.82) is 0 Å². The smallest absolute Gasteiger partial charge is 0.263 e. The van der Waals surface area contributed by atoms with E-state index in [1.165, 1.54) is 16.2 Å². The van der Waals surface area contributed by atoms with Gasteiger partial charge in [0.2, 0.25) is 5.91 Å². The van der Waals surface area contributed by atoms with Gasteiger partial charge in [0, 0.05) is 24.7 Å². The van der Waals surface area contributed by atoms with Crippen LogP contribution >= 0.6 is 22.9 Å². The number of aryl methyl sites for hydroxylation is 1. The number of rotatable bonds is 5. The SMILES string of the molecule is CCn1c(=NC(=O)CS(=O)(=O)CC(=O)N2CCOCC2)sc2cc(Cl)ccc21. The van der Waals surface area contributed by atoms with Gasteiger partial charge in [0.1, 0.15) is 11.5 Å². The van der Waals surface area contributed by atoms with Crippen molar-refractivity contribution in [1.82, 2.24) is 9.47 Å². The fourth-order valence-corrected chi connectivity index (χ4v) is 5.40. The number of amides is 2. The molecule has 1 fully saturated rings. The maximum Gasteiger partial charge on any atom is 0.263 e. The van der Waals surface area contributed by atoms with Crippen molar-refractivity contribution in [3.8, 4) is 0 Å². The highest BCUT2D eigenvalue weighted by Crippen LogP contribution is 2.21. The Labute approximate surface area is 171 Å². The number of thiazole rings is 1. The van der Waals surface area contributed by atoms with Crippen LogP contribution in [0.1, 0.15) is 6.92 Å². The highest BCUT2D eigenvalue weighted by molar-refractivity contribution is 7.92. The molecule has 0 bridgehead atoms. The molecule has 1 aliphatic rings. The van der Waals surface area contributed by atoms with E-state index >= 15 is 0 Å². The number of sulfone groups is 1. The highest BCUT2D eigenvalue weighted by atomic mass is 35.5. The van der Waals surface area contributed by atoms with E-state index < -0.39 is 33.2 Å². The Bertz CT molecular complexity index is 1070. The molecule has 1 aromatic heterocycles.